The third-order valence-electron chi connectivity index (χ3n) is 3.76. The van der Waals surface area contributed by atoms with Crippen LogP contribution in [-0.4, -0.2) is 32.5 Å². The molecule has 8 heteroatoms. The van der Waals surface area contributed by atoms with Crippen LogP contribution in [0.1, 0.15) is 10.5 Å². The van der Waals surface area contributed by atoms with Crippen molar-refractivity contribution in [2.75, 3.05) is 17.7 Å². The first kappa shape index (κ1) is 14.9. The number of benzene rings is 1. The number of carbonyl (C=O) groups excluding carboxylic acids is 1. The number of carbonyl (C=O) groups is 1. The summed E-state index contributed by atoms with van der Waals surface area (Å²) in [6.07, 6.45) is 1.53. The predicted octanol–water partition coefficient (Wildman–Crippen LogP) is 2.24. The first-order valence-corrected chi connectivity index (χ1v) is 7.54. The zero-order valence-corrected chi connectivity index (χ0v) is 13.3. The van der Waals surface area contributed by atoms with Gasteiger partial charge in [0.2, 0.25) is 11.8 Å². The molecule has 4 aromatic rings. The molecule has 0 radical (unpaired) electrons. The Morgan fingerprint density at radius 3 is 2.68 bits per heavy atom. The first-order chi connectivity index (χ1) is 12.1. The van der Waals surface area contributed by atoms with Gasteiger partial charge in [-0.05, 0) is 24.3 Å². The van der Waals surface area contributed by atoms with Gasteiger partial charge in [0.1, 0.15) is 5.69 Å². The van der Waals surface area contributed by atoms with Gasteiger partial charge in [0, 0.05) is 18.8 Å². The van der Waals surface area contributed by atoms with E-state index in [1.165, 1.54) is 15.7 Å². The summed E-state index contributed by atoms with van der Waals surface area (Å²) >= 11 is 0. The lowest BCUT2D eigenvalue weighted by atomic mass is 10.2. The number of hydrogen-bond donors (Lipinski definition) is 1. The number of nitrogens with zero attached hydrogens (tertiary/aromatic N) is 5. The Hall–Kier alpha value is -3.68. The van der Waals surface area contributed by atoms with Gasteiger partial charge in [0.15, 0.2) is 11.4 Å². The molecule has 0 atom stereocenters. The third kappa shape index (κ3) is 2.59. The molecule has 8 nitrogen and oxygen atoms in total. The molecule has 0 saturated heterocycles. The molecule has 3 aromatic heterocycles. The largest absolute Gasteiger partial charge is 0.461 e. The number of hydrogen-bond acceptors (Lipinski definition) is 6. The molecular formula is C17H14N6O2. The van der Waals surface area contributed by atoms with Crippen molar-refractivity contribution >= 4 is 23.2 Å². The smallest absolute Gasteiger partial charge is 0.276 e. The molecule has 0 fully saturated rings. The van der Waals surface area contributed by atoms with Crippen molar-refractivity contribution < 1.29 is 9.21 Å². The molecule has 3 heterocycles. The van der Waals surface area contributed by atoms with Crippen molar-refractivity contribution in [3.63, 3.8) is 0 Å². The summed E-state index contributed by atoms with van der Waals surface area (Å²) in [5.74, 6) is 0.674. The van der Waals surface area contributed by atoms with Crippen molar-refractivity contribution in [1.29, 1.82) is 0 Å². The Balaban J connectivity index is 1.74. The predicted molar refractivity (Wildman–Crippen MR) is 92.1 cm³/mol. The summed E-state index contributed by atoms with van der Waals surface area (Å²) in [4.78, 5) is 22.7. The molecule has 4 rings (SSSR count). The maximum absolute atomic E-state index is 12.7. The third-order valence-corrected chi connectivity index (χ3v) is 3.76. The number of rotatable bonds is 3. The highest BCUT2D eigenvalue weighted by molar-refractivity contribution is 6.05. The van der Waals surface area contributed by atoms with Crippen molar-refractivity contribution in [1.82, 2.24) is 19.6 Å². The highest BCUT2D eigenvalue weighted by Crippen LogP contribution is 2.19. The fourth-order valence-electron chi connectivity index (χ4n) is 2.47. The van der Waals surface area contributed by atoms with Gasteiger partial charge < -0.3 is 15.1 Å². The van der Waals surface area contributed by atoms with Crippen LogP contribution in [0.4, 0.5) is 11.6 Å². The van der Waals surface area contributed by atoms with Crippen LogP contribution in [0.25, 0.3) is 17.2 Å². The normalized spacial score (nSPS) is 10.9. The second-order valence-electron chi connectivity index (χ2n) is 5.38. The van der Waals surface area contributed by atoms with Crippen LogP contribution in [0.3, 0.4) is 0 Å². The molecule has 25 heavy (non-hydrogen) atoms. The lowest BCUT2D eigenvalue weighted by Crippen LogP contribution is -2.27. The van der Waals surface area contributed by atoms with Gasteiger partial charge in [-0.25, -0.2) is 9.97 Å². The van der Waals surface area contributed by atoms with E-state index in [0.717, 1.165) is 5.69 Å². The van der Waals surface area contributed by atoms with E-state index in [1.54, 1.807) is 25.2 Å². The van der Waals surface area contributed by atoms with E-state index in [9.17, 15) is 4.79 Å². The molecule has 0 unspecified atom stereocenters. The van der Waals surface area contributed by atoms with Crippen LogP contribution < -0.4 is 10.6 Å². The molecule has 0 aliphatic heterocycles. The van der Waals surface area contributed by atoms with Crippen LogP contribution in [0.5, 0.6) is 0 Å². The molecular weight excluding hydrogens is 320 g/mol. The van der Waals surface area contributed by atoms with Gasteiger partial charge >= 0.3 is 0 Å². The average Bonchev–Trinajstić information content (AvgIpc) is 3.30. The van der Waals surface area contributed by atoms with Crippen LogP contribution in [0.15, 0.2) is 59.2 Å². The Labute approximate surface area is 142 Å². The van der Waals surface area contributed by atoms with E-state index >= 15 is 0 Å². The van der Waals surface area contributed by atoms with Gasteiger partial charge in [-0.15, -0.1) is 5.10 Å². The number of para-hydroxylation sites is 1. The molecule has 124 valence electrons. The number of aromatic nitrogens is 4. The van der Waals surface area contributed by atoms with Gasteiger partial charge in [0.25, 0.3) is 5.91 Å². The minimum atomic E-state index is -0.289. The number of furan rings is 1. The fourth-order valence-corrected chi connectivity index (χ4v) is 2.47. The minimum absolute atomic E-state index is 0.0765. The van der Waals surface area contributed by atoms with Crippen LogP contribution in [0.2, 0.25) is 0 Å². The van der Waals surface area contributed by atoms with Gasteiger partial charge in [0.05, 0.1) is 6.26 Å². The summed E-state index contributed by atoms with van der Waals surface area (Å²) < 4.78 is 6.66. The van der Waals surface area contributed by atoms with Crippen LogP contribution >= 0.6 is 0 Å². The van der Waals surface area contributed by atoms with Crippen LogP contribution in [0, 0.1) is 0 Å². The molecule has 0 aliphatic carbocycles. The van der Waals surface area contributed by atoms with Crippen molar-refractivity contribution in [3.8, 4) is 11.6 Å². The van der Waals surface area contributed by atoms with Crippen LogP contribution in [-0.2, 0) is 0 Å². The van der Waals surface area contributed by atoms with Gasteiger partial charge in [-0.2, -0.15) is 4.52 Å². The Morgan fingerprint density at radius 1 is 1.16 bits per heavy atom. The average molecular weight is 334 g/mol. The summed E-state index contributed by atoms with van der Waals surface area (Å²) in [7, 11) is 1.68. The quantitative estimate of drug-likeness (QED) is 0.616. The van der Waals surface area contributed by atoms with Crippen molar-refractivity contribution in [2.45, 2.75) is 0 Å². The molecule has 0 aliphatic rings. The monoisotopic (exact) mass is 334 g/mol. The molecule has 1 aromatic carbocycles. The van der Waals surface area contributed by atoms with E-state index in [4.69, 9.17) is 10.2 Å². The first-order valence-electron chi connectivity index (χ1n) is 7.54. The van der Waals surface area contributed by atoms with Gasteiger partial charge in [-0.3, -0.25) is 4.79 Å². The second-order valence-corrected chi connectivity index (χ2v) is 5.38. The van der Waals surface area contributed by atoms with Gasteiger partial charge in [-0.1, -0.05) is 18.2 Å². The number of anilines is 2. The maximum atomic E-state index is 12.7. The molecule has 1 amide bonds. The lowest BCUT2D eigenvalue weighted by Gasteiger charge is -2.16. The Morgan fingerprint density at radius 2 is 1.96 bits per heavy atom. The zero-order chi connectivity index (χ0) is 17.4. The lowest BCUT2D eigenvalue weighted by molar-refractivity contribution is 0.0988. The Kier molecular flexibility index (Phi) is 3.42. The summed E-state index contributed by atoms with van der Waals surface area (Å²) in [5.41, 5.74) is 7.31. The molecule has 0 saturated carbocycles. The maximum Gasteiger partial charge on any atom is 0.276 e. The molecule has 2 N–H and O–H groups in total. The summed E-state index contributed by atoms with van der Waals surface area (Å²) in [5, 5.41) is 4.26. The fraction of sp³-hybridized carbons (Fsp3) is 0.0588. The van der Waals surface area contributed by atoms with E-state index in [1.807, 2.05) is 30.3 Å². The summed E-state index contributed by atoms with van der Waals surface area (Å²) in [6.45, 7) is 0. The minimum Gasteiger partial charge on any atom is -0.461 e. The highest BCUT2D eigenvalue weighted by Gasteiger charge is 2.19. The number of nitrogen functional groups attached to an aromatic ring is 1. The number of amides is 1. The number of fused-ring (bicyclic) bond motifs is 1. The zero-order valence-electron chi connectivity index (χ0n) is 13.3. The van der Waals surface area contributed by atoms with Crippen molar-refractivity contribution in [2.24, 2.45) is 0 Å². The highest BCUT2D eigenvalue weighted by atomic mass is 16.3. The second kappa shape index (κ2) is 5.75. The van der Waals surface area contributed by atoms with Crippen molar-refractivity contribution in [3.05, 3.63) is 60.5 Å². The molecule has 0 bridgehead atoms. The van der Waals surface area contributed by atoms with E-state index in [2.05, 4.69) is 15.1 Å². The van der Waals surface area contributed by atoms with E-state index in [-0.39, 0.29) is 17.5 Å². The SMILES string of the molecule is CN(C(=O)c1cc2nc(-c3ccco3)nn2c(N)n1)c1ccccc1. The standard InChI is InChI=1S/C17H14N6O2/c1-22(11-6-3-2-4-7-11)16(24)12-10-14-20-15(13-8-5-9-25-13)21-23(14)17(18)19-12/h2-10H,1H3,(H2,18,19). The van der Waals surface area contributed by atoms with E-state index in [0.29, 0.717) is 17.2 Å². The van der Waals surface area contributed by atoms with E-state index < -0.39 is 0 Å². The topological polar surface area (TPSA) is 103 Å². The Bertz CT molecular complexity index is 1040. The number of nitrogens with two attached hydrogens (primary N) is 1. The summed E-state index contributed by atoms with van der Waals surface area (Å²) in [6, 6.07) is 14.3. The molecule has 0 spiro atoms.